The van der Waals surface area contributed by atoms with Crippen molar-refractivity contribution in [2.75, 3.05) is 0 Å². The summed E-state index contributed by atoms with van der Waals surface area (Å²) in [5.41, 5.74) is 8.07. The second kappa shape index (κ2) is 8.66. The molecule has 0 aliphatic heterocycles. The van der Waals surface area contributed by atoms with Crippen molar-refractivity contribution in [1.82, 2.24) is 0 Å². The van der Waals surface area contributed by atoms with Crippen LogP contribution in [0.2, 0.25) is 0 Å². The Kier molecular flexibility index (Phi) is 7.61. The van der Waals surface area contributed by atoms with Gasteiger partial charge in [-0.05, 0) is 50.8 Å². The molecule has 2 aromatic carbocycles. The number of benzene rings is 2. The van der Waals surface area contributed by atoms with E-state index in [0.29, 0.717) is 0 Å². The van der Waals surface area contributed by atoms with E-state index in [1.165, 1.54) is 27.8 Å². The van der Waals surface area contributed by atoms with Gasteiger partial charge >= 0.3 is 0 Å². The van der Waals surface area contributed by atoms with Crippen LogP contribution in [0, 0.1) is 6.92 Å². The Morgan fingerprint density at radius 1 is 0.414 bits per heavy atom. The molecule has 0 nitrogen and oxygen atoms in total. The highest BCUT2D eigenvalue weighted by molar-refractivity contribution is 5.36. The summed E-state index contributed by atoms with van der Waals surface area (Å²) in [5, 5.41) is 0. The molecule has 2 rings (SSSR count). The number of hydrogen-bond donors (Lipinski definition) is 0. The van der Waals surface area contributed by atoms with Gasteiger partial charge in [0.05, 0.1) is 0 Å². The van der Waals surface area contributed by atoms with Crippen LogP contribution in [0.3, 0.4) is 0 Å². The molecule has 0 aliphatic carbocycles. The Morgan fingerprint density at radius 2 is 0.690 bits per heavy atom. The summed E-state index contributed by atoms with van der Waals surface area (Å²) < 4.78 is 0. The van der Waals surface area contributed by atoms with Crippen molar-refractivity contribution in [3.8, 4) is 0 Å². The lowest BCUT2D eigenvalue weighted by Crippen LogP contribution is -2.16. The predicted octanol–water partition coefficient (Wildman–Crippen LogP) is 8.87. The van der Waals surface area contributed by atoms with Gasteiger partial charge in [-0.2, -0.15) is 0 Å². The van der Waals surface area contributed by atoms with E-state index in [0.717, 1.165) is 0 Å². The highest BCUT2D eigenvalue weighted by Gasteiger charge is 2.20. The molecule has 0 aliphatic rings. The minimum absolute atomic E-state index is 0.242. The molecule has 2 aromatic rings. The third-order valence-electron chi connectivity index (χ3n) is 5.40. The molecule has 0 heterocycles. The second-order valence-corrected chi connectivity index (χ2v) is 12.7. The summed E-state index contributed by atoms with van der Waals surface area (Å²) >= 11 is 0. The van der Waals surface area contributed by atoms with Crippen molar-refractivity contribution < 1.29 is 0 Å². The van der Waals surface area contributed by atoms with E-state index in [1.807, 2.05) is 0 Å². The molecule has 0 radical (unpaired) electrons. The van der Waals surface area contributed by atoms with Crippen molar-refractivity contribution in [1.29, 1.82) is 0 Å². The molecule has 162 valence electrons. The van der Waals surface area contributed by atoms with Crippen LogP contribution in [0.1, 0.15) is 111 Å². The lowest BCUT2D eigenvalue weighted by Gasteiger charge is -2.25. The number of aryl methyl sites for hydroxylation is 1. The summed E-state index contributed by atoms with van der Waals surface area (Å²) in [6.45, 7) is 29.4. The van der Waals surface area contributed by atoms with Gasteiger partial charge in [0.1, 0.15) is 0 Å². The second-order valence-electron chi connectivity index (χ2n) is 12.7. The van der Waals surface area contributed by atoms with Crippen LogP contribution in [0.25, 0.3) is 0 Å². The number of rotatable bonds is 0. The molecule has 0 saturated carbocycles. The van der Waals surface area contributed by atoms with Crippen molar-refractivity contribution in [3.63, 3.8) is 0 Å². The molecule has 0 unspecified atom stereocenters. The SMILES string of the molecule is CC(C)(C)c1cccc(C(C)(C)C)c1.Cc1cc(C(C)(C)C)cc(C(C)(C)C)c1. The molecule has 29 heavy (non-hydrogen) atoms. The minimum Gasteiger partial charge on any atom is -0.0617 e. The summed E-state index contributed by atoms with van der Waals surface area (Å²) in [4.78, 5) is 0. The molecule has 0 aromatic heterocycles. The zero-order valence-electron chi connectivity index (χ0n) is 21.5. The third kappa shape index (κ3) is 8.00. The molecular weight excluding hydrogens is 348 g/mol. The largest absolute Gasteiger partial charge is 0.0617 e. The fraction of sp³-hybridized carbons (Fsp3) is 0.586. The maximum atomic E-state index is 2.35. The molecule has 0 N–H and O–H groups in total. The Hall–Kier alpha value is -1.56. The average molecular weight is 395 g/mol. The Balaban J connectivity index is 0.000000291. The van der Waals surface area contributed by atoms with Crippen molar-refractivity contribution in [3.05, 3.63) is 70.3 Å². The lowest BCUT2D eigenvalue weighted by atomic mass is 9.80. The molecule has 0 fully saturated rings. The van der Waals surface area contributed by atoms with Crippen LogP contribution >= 0.6 is 0 Å². The van der Waals surface area contributed by atoms with Gasteiger partial charge in [0.15, 0.2) is 0 Å². The lowest BCUT2D eigenvalue weighted by molar-refractivity contribution is 0.567. The number of hydrogen-bond acceptors (Lipinski definition) is 0. The topological polar surface area (TPSA) is 0 Å². The molecule has 0 atom stereocenters. The Morgan fingerprint density at radius 3 is 0.966 bits per heavy atom. The van der Waals surface area contributed by atoms with E-state index in [9.17, 15) is 0 Å². The fourth-order valence-corrected chi connectivity index (χ4v) is 3.10. The van der Waals surface area contributed by atoms with Gasteiger partial charge in [0.25, 0.3) is 0 Å². The zero-order valence-corrected chi connectivity index (χ0v) is 21.5. The zero-order chi connectivity index (χ0) is 22.8. The molecular formula is C29H46. The van der Waals surface area contributed by atoms with Crippen molar-refractivity contribution in [2.24, 2.45) is 0 Å². The highest BCUT2D eigenvalue weighted by atomic mass is 14.2. The molecule has 0 spiro atoms. The average Bonchev–Trinajstić information content (AvgIpc) is 2.52. The van der Waals surface area contributed by atoms with Crippen LogP contribution in [-0.4, -0.2) is 0 Å². The maximum Gasteiger partial charge on any atom is -0.0132 e. The van der Waals surface area contributed by atoms with Gasteiger partial charge in [-0.1, -0.05) is 131 Å². The van der Waals surface area contributed by atoms with Crippen LogP contribution < -0.4 is 0 Å². The van der Waals surface area contributed by atoms with Crippen molar-refractivity contribution in [2.45, 2.75) is 112 Å². The van der Waals surface area contributed by atoms with E-state index in [2.05, 4.69) is 132 Å². The predicted molar refractivity (Wildman–Crippen MR) is 132 cm³/mol. The van der Waals surface area contributed by atoms with E-state index in [4.69, 9.17) is 0 Å². The van der Waals surface area contributed by atoms with Gasteiger partial charge in [0, 0.05) is 0 Å². The normalized spacial score (nSPS) is 13.0. The molecule has 0 saturated heterocycles. The fourth-order valence-electron chi connectivity index (χ4n) is 3.10. The monoisotopic (exact) mass is 394 g/mol. The van der Waals surface area contributed by atoms with Crippen LogP contribution in [-0.2, 0) is 21.7 Å². The van der Waals surface area contributed by atoms with Gasteiger partial charge in [-0.25, -0.2) is 0 Å². The van der Waals surface area contributed by atoms with E-state index < -0.39 is 0 Å². The van der Waals surface area contributed by atoms with Crippen LogP contribution in [0.15, 0.2) is 42.5 Å². The smallest absolute Gasteiger partial charge is 0.0132 e. The third-order valence-corrected chi connectivity index (χ3v) is 5.40. The van der Waals surface area contributed by atoms with Crippen molar-refractivity contribution >= 4 is 0 Å². The summed E-state index contributed by atoms with van der Waals surface area (Å²) in [7, 11) is 0. The summed E-state index contributed by atoms with van der Waals surface area (Å²) in [6.07, 6.45) is 0. The molecule has 0 bridgehead atoms. The first-order valence-corrected chi connectivity index (χ1v) is 11.1. The Bertz CT molecular complexity index is 732. The minimum atomic E-state index is 0.242. The molecule has 0 heteroatoms. The van der Waals surface area contributed by atoms with E-state index in [1.54, 1.807) is 0 Å². The quantitative estimate of drug-likeness (QED) is 0.418. The standard InChI is InChI=1S/C15H24.C14H22/c1-11-8-12(14(2,3)4)10-13(9-11)15(5,6)7;1-13(2,3)11-8-7-9-12(10-11)14(4,5)6/h8-10H,1-7H3;7-10H,1-6H3. The maximum absolute atomic E-state index is 2.35. The van der Waals surface area contributed by atoms with E-state index in [-0.39, 0.29) is 21.7 Å². The van der Waals surface area contributed by atoms with E-state index >= 15 is 0 Å². The first-order valence-electron chi connectivity index (χ1n) is 11.1. The molecule has 0 amide bonds. The van der Waals surface area contributed by atoms with Gasteiger partial charge < -0.3 is 0 Å². The Labute approximate surface area is 182 Å². The summed E-state index contributed by atoms with van der Waals surface area (Å²) in [5.74, 6) is 0. The first-order chi connectivity index (χ1) is 12.8. The summed E-state index contributed by atoms with van der Waals surface area (Å²) in [6, 6.07) is 15.9. The highest BCUT2D eigenvalue weighted by Crippen LogP contribution is 2.30. The van der Waals surface area contributed by atoms with Crippen LogP contribution in [0.4, 0.5) is 0 Å². The van der Waals surface area contributed by atoms with Gasteiger partial charge in [0.2, 0.25) is 0 Å². The van der Waals surface area contributed by atoms with Gasteiger partial charge in [-0.15, -0.1) is 0 Å². The van der Waals surface area contributed by atoms with Crippen LogP contribution in [0.5, 0.6) is 0 Å². The first kappa shape index (κ1) is 25.5. The van der Waals surface area contributed by atoms with Gasteiger partial charge in [-0.3, -0.25) is 0 Å².